The third kappa shape index (κ3) is 3.76. The second-order valence-corrected chi connectivity index (χ2v) is 8.17. The van der Waals surface area contributed by atoms with Crippen LogP contribution in [0.25, 0.3) is 21.9 Å². The fourth-order valence-corrected chi connectivity index (χ4v) is 4.28. The fraction of sp³-hybridized carbons (Fsp3) is 0.280. The van der Waals surface area contributed by atoms with Crippen LogP contribution >= 0.6 is 0 Å². The quantitative estimate of drug-likeness (QED) is 0.498. The summed E-state index contributed by atoms with van der Waals surface area (Å²) in [6.45, 7) is 5.66. The highest BCUT2D eigenvalue weighted by atomic mass is 16.5. The van der Waals surface area contributed by atoms with Crippen molar-refractivity contribution in [3.8, 4) is 5.75 Å². The van der Waals surface area contributed by atoms with Crippen molar-refractivity contribution < 1.29 is 18.7 Å². The van der Waals surface area contributed by atoms with Crippen molar-refractivity contribution >= 4 is 39.4 Å². The van der Waals surface area contributed by atoms with Gasteiger partial charge in [0.15, 0.2) is 0 Å². The summed E-state index contributed by atoms with van der Waals surface area (Å²) in [7, 11) is 1.58. The summed E-state index contributed by atoms with van der Waals surface area (Å²) in [5.74, 6) is 1.14. The highest BCUT2D eigenvalue weighted by molar-refractivity contribution is 6.10. The number of pyridine rings is 1. The Labute approximate surface area is 185 Å². The number of furan rings is 1. The van der Waals surface area contributed by atoms with Gasteiger partial charge >= 0.3 is 0 Å². The summed E-state index contributed by atoms with van der Waals surface area (Å²) in [4.78, 5) is 19.6. The number of nitrogens with zero attached hydrogens (tertiary/aromatic N) is 2. The van der Waals surface area contributed by atoms with Gasteiger partial charge in [0.1, 0.15) is 22.7 Å². The molecule has 2 aromatic heterocycles. The van der Waals surface area contributed by atoms with Gasteiger partial charge in [-0.25, -0.2) is 4.98 Å². The standard InChI is InChI=1S/C25H25N3O4/c1-15-13-28(14-16(2)31-15)24-9-8-17(12-26-24)25(29)27-20-11-22-19(10-23(20)30-3)18-6-4-5-7-21(18)32-22/h4-12,15-16H,13-14H2,1-3H3,(H,27,29). The van der Waals surface area contributed by atoms with Crippen LogP contribution in [0.1, 0.15) is 24.2 Å². The molecule has 1 fully saturated rings. The molecular weight excluding hydrogens is 406 g/mol. The number of fused-ring (bicyclic) bond motifs is 3. The number of para-hydroxylation sites is 1. The minimum atomic E-state index is -0.262. The van der Waals surface area contributed by atoms with Crippen LogP contribution in [0.15, 0.2) is 59.1 Å². The first-order valence-electron chi connectivity index (χ1n) is 10.7. The van der Waals surface area contributed by atoms with Gasteiger partial charge in [-0.05, 0) is 38.1 Å². The summed E-state index contributed by atoms with van der Waals surface area (Å²) < 4.78 is 17.3. The molecule has 1 amide bonds. The monoisotopic (exact) mass is 431 g/mol. The van der Waals surface area contributed by atoms with E-state index in [0.717, 1.165) is 35.3 Å². The molecule has 164 valence electrons. The molecule has 4 aromatic rings. The topological polar surface area (TPSA) is 76.8 Å². The largest absolute Gasteiger partial charge is 0.495 e. The lowest BCUT2D eigenvalue weighted by Gasteiger charge is -2.36. The summed E-state index contributed by atoms with van der Waals surface area (Å²) in [5, 5.41) is 4.87. The van der Waals surface area contributed by atoms with Gasteiger partial charge in [0.05, 0.1) is 30.6 Å². The Morgan fingerprint density at radius 2 is 1.84 bits per heavy atom. The Morgan fingerprint density at radius 1 is 1.06 bits per heavy atom. The number of ether oxygens (including phenoxy) is 2. The van der Waals surface area contributed by atoms with Gasteiger partial charge in [-0.15, -0.1) is 0 Å². The minimum absolute atomic E-state index is 0.143. The first-order chi connectivity index (χ1) is 15.5. The van der Waals surface area contributed by atoms with E-state index < -0.39 is 0 Å². The zero-order chi connectivity index (χ0) is 22.2. The van der Waals surface area contributed by atoms with Gasteiger partial charge in [0, 0.05) is 36.1 Å². The van der Waals surface area contributed by atoms with Crippen molar-refractivity contribution in [1.29, 1.82) is 0 Å². The van der Waals surface area contributed by atoms with Crippen LogP contribution in [0.2, 0.25) is 0 Å². The Balaban J connectivity index is 1.39. The smallest absolute Gasteiger partial charge is 0.257 e. The normalized spacial score (nSPS) is 18.8. The van der Waals surface area contributed by atoms with Gasteiger partial charge in [-0.1, -0.05) is 18.2 Å². The molecule has 2 aromatic carbocycles. The van der Waals surface area contributed by atoms with E-state index >= 15 is 0 Å². The maximum Gasteiger partial charge on any atom is 0.257 e. The summed E-state index contributed by atoms with van der Waals surface area (Å²) in [5.41, 5.74) is 2.49. The molecule has 0 radical (unpaired) electrons. The van der Waals surface area contributed by atoms with Gasteiger partial charge in [0.25, 0.3) is 5.91 Å². The van der Waals surface area contributed by atoms with E-state index in [4.69, 9.17) is 13.9 Å². The van der Waals surface area contributed by atoms with Gasteiger partial charge in [-0.2, -0.15) is 0 Å². The predicted octanol–water partition coefficient (Wildman–Crippen LogP) is 4.86. The SMILES string of the molecule is COc1cc2c(cc1NC(=O)c1ccc(N3CC(C)OC(C)C3)nc1)oc1ccccc12. The Morgan fingerprint density at radius 3 is 2.56 bits per heavy atom. The molecule has 1 aliphatic heterocycles. The highest BCUT2D eigenvalue weighted by Crippen LogP contribution is 2.36. The van der Waals surface area contributed by atoms with Crippen molar-refractivity contribution in [1.82, 2.24) is 4.98 Å². The molecule has 0 saturated carbocycles. The fourth-order valence-electron chi connectivity index (χ4n) is 4.28. The van der Waals surface area contributed by atoms with Crippen LogP contribution in [0, 0.1) is 0 Å². The first kappa shape index (κ1) is 20.3. The maximum absolute atomic E-state index is 12.9. The molecule has 1 aliphatic rings. The first-order valence-corrected chi connectivity index (χ1v) is 10.7. The molecule has 1 saturated heterocycles. The Bertz CT molecular complexity index is 1270. The van der Waals surface area contributed by atoms with Crippen LogP contribution < -0.4 is 15.0 Å². The molecule has 5 rings (SSSR count). The van der Waals surface area contributed by atoms with Crippen molar-refractivity contribution in [2.24, 2.45) is 0 Å². The average molecular weight is 431 g/mol. The molecule has 2 unspecified atom stereocenters. The molecule has 0 bridgehead atoms. The van der Waals surface area contributed by atoms with Gasteiger partial charge in [-0.3, -0.25) is 4.79 Å². The Hall–Kier alpha value is -3.58. The van der Waals surface area contributed by atoms with Crippen LogP contribution in [0.5, 0.6) is 5.75 Å². The van der Waals surface area contributed by atoms with Crippen molar-refractivity contribution in [3.63, 3.8) is 0 Å². The maximum atomic E-state index is 12.9. The number of morpholine rings is 1. The number of nitrogens with one attached hydrogen (secondary N) is 1. The number of rotatable bonds is 4. The molecule has 1 N–H and O–H groups in total. The lowest BCUT2D eigenvalue weighted by atomic mass is 10.1. The zero-order valence-corrected chi connectivity index (χ0v) is 18.3. The zero-order valence-electron chi connectivity index (χ0n) is 18.3. The molecule has 7 heteroatoms. The van der Waals surface area contributed by atoms with Crippen LogP contribution in [-0.2, 0) is 4.74 Å². The number of anilines is 2. The number of aromatic nitrogens is 1. The summed E-state index contributed by atoms with van der Waals surface area (Å²) in [6, 6.07) is 15.2. The number of hydrogen-bond acceptors (Lipinski definition) is 6. The number of hydrogen-bond donors (Lipinski definition) is 1. The van der Waals surface area contributed by atoms with E-state index in [2.05, 4.69) is 29.0 Å². The molecule has 0 spiro atoms. The van der Waals surface area contributed by atoms with E-state index in [1.807, 2.05) is 36.4 Å². The molecule has 32 heavy (non-hydrogen) atoms. The van der Waals surface area contributed by atoms with E-state index in [9.17, 15) is 4.79 Å². The lowest BCUT2D eigenvalue weighted by molar-refractivity contribution is -0.00546. The molecular formula is C25H25N3O4. The third-order valence-corrected chi connectivity index (χ3v) is 5.70. The second-order valence-electron chi connectivity index (χ2n) is 8.17. The predicted molar refractivity (Wildman–Crippen MR) is 125 cm³/mol. The van der Waals surface area contributed by atoms with Crippen molar-refractivity contribution in [2.75, 3.05) is 30.4 Å². The van der Waals surface area contributed by atoms with E-state index in [0.29, 0.717) is 22.6 Å². The molecule has 3 heterocycles. The number of carbonyl (C=O) groups is 1. The van der Waals surface area contributed by atoms with Gasteiger partial charge in [0.2, 0.25) is 0 Å². The van der Waals surface area contributed by atoms with E-state index in [1.54, 1.807) is 25.4 Å². The highest BCUT2D eigenvalue weighted by Gasteiger charge is 2.23. The lowest BCUT2D eigenvalue weighted by Crippen LogP contribution is -2.45. The molecule has 0 aliphatic carbocycles. The summed E-state index contributed by atoms with van der Waals surface area (Å²) in [6.07, 6.45) is 1.88. The molecule has 2 atom stereocenters. The third-order valence-electron chi connectivity index (χ3n) is 5.70. The average Bonchev–Trinajstić information content (AvgIpc) is 3.15. The van der Waals surface area contributed by atoms with Crippen LogP contribution in [-0.4, -0.2) is 43.3 Å². The number of methoxy groups -OCH3 is 1. The Kier molecular flexibility index (Phi) is 5.19. The van der Waals surface area contributed by atoms with Crippen molar-refractivity contribution in [2.45, 2.75) is 26.1 Å². The van der Waals surface area contributed by atoms with Crippen LogP contribution in [0.4, 0.5) is 11.5 Å². The number of amides is 1. The summed E-state index contributed by atoms with van der Waals surface area (Å²) >= 11 is 0. The second kappa shape index (κ2) is 8.16. The minimum Gasteiger partial charge on any atom is -0.495 e. The van der Waals surface area contributed by atoms with E-state index in [1.165, 1.54) is 0 Å². The van der Waals surface area contributed by atoms with Gasteiger partial charge < -0.3 is 24.1 Å². The number of benzene rings is 2. The molecule has 7 nitrogen and oxygen atoms in total. The van der Waals surface area contributed by atoms with E-state index in [-0.39, 0.29) is 18.1 Å². The van der Waals surface area contributed by atoms with Crippen molar-refractivity contribution in [3.05, 3.63) is 60.3 Å². The van der Waals surface area contributed by atoms with Crippen LogP contribution in [0.3, 0.4) is 0 Å². The number of carbonyl (C=O) groups excluding carboxylic acids is 1.